The van der Waals surface area contributed by atoms with Gasteiger partial charge in [-0.2, -0.15) is 0 Å². The minimum Gasteiger partial charge on any atom is -0.481 e. The third kappa shape index (κ3) is 1.59. The van der Waals surface area contributed by atoms with Crippen LogP contribution in [0, 0.1) is 17.8 Å². The number of carboxylic acids is 1. The van der Waals surface area contributed by atoms with Gasteiger partial charge in [-0.1, -0.05) is 6.08 Å². The van der Waals surface area contributed by atoms with Gasteiger partial charge in [-0.25, -0.2) is 0 Å². The van der Waals surface area contributed by atoms with Crippen LogP contribution in [0.4, 0.5) is 0 Å². The average molecular weight is 210 g/mol. The van der Waals surface area contributed by atoms with Crippen LogP contribution < -0.4 is 0 Å². The fourth-order valence-corrected chi connectivity index (χ4v) is 2.74. The van der Waals surface area contributed by atoms with Gasteiger partial charge in [0, 0.05) is 5.92 Å². The van der Waals surface area contributed by atoms with Gasteiger partial charge in [-0.3, -0.25) is 9.59 Å². The molecular formula is C11H14O4. The van der Waals surface area contributed by atoms with E-state index in [-0.39, 0.29) is 23.7 Å². The maximum Gasteiger partial charge on any atom is 0.307 e. The smallest absolute Gasteiger partial charge is 0.307 e. The Kier molecular flexibility index (Phi) is 2.61. The molecule has 2 fully saturated rings. The minimum absolute atomic E-state index is 0.0273. The minimum atomic E-state index is -0.849. The lowest BCUT2D eigenvalue weighted by Crippen LogP contribution is -2.37. The average Bonchev–Trinajstić information content (AvgIpc) is 2.73. The number of carboxylic acid groups (broad SMARTS) is 1. The highest BCUT2D eigenvalue weighted by Gasteiger charge is 2.55. The van der Waals surface area contributed by atoms with Gasteiger partial charge in [-0.15, -0.1) is 6.58 Å². The fourth-order valence-electron chi connectivity index (χ4n) is 2.74. The second kappa shape index (κ2) is 3.77. The summed E-state index contributed by atoms with van der Waals surface area (Å²) in [5, 5.41) is 8.91. The molecule has 2 rings (SSSR count). The zero-order valence-electron chi connectivity index (χ0n) is 8.39. The molecule has 2 saturated carbocycles. The number of ether oxygens (including phenoxy) is 1. The van der Waals surface area contributed by atoms with Crippen LogP contribution in [0.3, 0.4) is 0 Å². The highest BCUT2D eigenvalue weighted by Crippen LogP contribution is 2.47. The SMILES string of the molecule is C=CCOC1C(=O)C2CC1CC2C(=O)O. The molecule has 0 spiro atoms. The van der Waals surface area contributed by atoms with E-state index in [1.165, 1.54) is 0 Å². The van der Waals surface area contributed by atoms with Gasteiger partial charge in [0.25, 0.3) is 0 Å². The van der Waals surface area contributed by atoms with Crippen LogP contribution in [0.2, 0.25) is 0 Å². The summed E-state index contributed by atoms with van der Waals surface area (Å²) in [7, 11) is 0. The Morgan fingerprint density at radius 2 is 2.33 bits per heavy atom. The normalized spacial score (nSPS) is 38.3. The molecule has 4 nitrogen and oxygen atoms in total. The Bertz CT molecular complexity index is 310. The number of carbonyl (C=O) groups is 2. The highest BCUT2D eigenvalue weighted by molar-refractivity contribution is 5.93. The van der Waals surface area contributed by atoms with E-state index in [1.807, 2.05) is 0 Å². The molecule has 0 radical (unpaired) electrons. The van der Waals surface area contributed by atoms with E-state index < -0.39 is 11.9 Å². The van der Waals surface area contributed by atoms with Crippen molar-refractivity contribution in [2.45, 2.75) is 18.9 Å². The molecule has 4 atom stereocenters. The van der Waals surface area contributed by atoms with E-state index in [2.05, 4.69) is 6.58 Å². The standard InChI is InChI=1S/C11H14O4/c1-2-3-15-10-6-4-7(9(10)12)8(5-6)11(13)14/h2,6-8,10H,1,3-5H2,(H,13,14). The summed E-state index contributed by atoms with van der Waals surface area (Å²) in [5.41, 5.74) is 0. The van der Waals surface area contributed by atoms with Crippen molar-refractivity contribution in [2.24, 2.45) is 17.8 Å². The van der Waals surface area contributed by atoms with E-state index in [4.69, 9.17) is 9.84 Å². The molecule has 82 valence electrons. The molecule has 0 aliphatic heterocycles. The van der Waals surface area contributed by atoms with Crippen molar-refractivity contribution in [1.82, 2.24) is 0 Å². The van der Waals surface area contributed by atoms with Crippen molar-refractivity contribution >= 4 is 11.8 Å². The van der Waals surface area contributed by atoms with Gasteiger partial charge in [0.2, 0.25) is 0 Å². The quantitative estimate of drug-likeness (QED) is 0.699. The predicted octanol–water partition coefficient (Wildman–Crippen LogP) is 0.867. The predicted molar refractivity (Wildman–Crippen MR) is 52.3 cm³/mol. The van der Waals surface area contributed by atoms with E-state index >= 15 is 0 Å². The molecule has 0 amide bonds. The number of hydrogen-bond acceptors (Lipinski definition) is 3. The topological polar surface area (TPSA) is 63.6 Å². The molecule has 2 bridgehead atoms. The Labute approximate surface area is 87.9 Å². The molecule has 15 heavy (non-hydrogen) atoms. The van der Waals surface area contributed by atoms with E-state index in [0.29, 0.717) is 19.4 Å². The van der Waals surface area contributed by atoms with Crippen LogP contribution in [-0.2, 0) is 14.3 Å². The van der Waals surface area contributed by atoms with Crippen molar-refractivity contribution in [1.29, 1.82) is 0 Å². The van der Waals surface area contributed by atoms with Crippen LogP contribution >= 0.6 is 0 Å². The number of aliphatic carboxylic acids is 1. The van der Waals surface area contributed by atoms with E-state index in [0.717, 1.165) is 0 Å². The molecular weight excluding hydrogens is 196 g/mol. The van der Waals surface area contributed by atoms with Crippen LogP contribution in [-0.4, -0.2) is 29.6 Å². The lowest BCUT2D eigenvalue weighted by Gasteiger charge is -2.24. The van der Waals surface area contributed by atoms with Crippen molar-refractivity contribution in [3.8, 4) is 0 Å². The molecule has 0 aromatic rings. The van der Waals surface area contributed by atoms with Gasteiger partial charge < -0.3 is 9.84 Å². The Morgan fingerprint density at radius 1 is 1.60 bits per heavy atom. The Balaban J connectivity index is 2.04. The van der Waals surface area contributed by atoms with Crippen LogP contribution in [0.25, 0.3) is 0 Å². The van der Waals surface area contributed by atoms with Gasteiger partial charge >= 0.3 is 5.97 Å². The first-order chi connectivity index (χ1) is 7.15. The van der Waals surface area contributed by atoms with Crippen molar-refractivity contribution < 1.29 is 19.4 Å². The van der Waals surface area contributed by atoms with Gasteiger partial charge in [0.1, 0.15) is 6.10 Å². The van der Waals surface area contributed by atoms with Crippen LogP contribution in [0.5, 0.6) is 0 Å². The third-order valence-electron chi connectivity index (χ3n) is 3.38. The van der Waals surface area contributed by atoms with E-state index in [1.54, 1.807) is 6.08 Å². The maximum absolute atomic E-state index is 11.8. The second-order valence-electron chi connectivity index (χ2n) is 4.23. The van der Waals surface area contributed by atoms with Gasteiger partial charge in [-0.05, 0) is 18.8 Å². The number of rotatable bonds is 4. The first-order valence-corrected chi connectivity index (χ1v) is 5.14. The van der Waals surface area contributed by atoms with Crippen molar-refractivity contribution in [3.05, 3.63) is 12.7 Å². The molecule has 2 aliphatic carbocycles. The molecule has 1 N–H and O–H groups in total. The van der Waals surface area contributed by atoms with Crippen LogP contribution in [0.1, 0.15) is 12.8 Å². The first kappa shape index (κ1) is 10.4. The highest BCUT2D eigenvalue weighted by atomic mass is 16.5. The third-order valence-corrected chi connectivity index (χ3v) is 3.38. The maximum atomic E-state index is 11.8. The zero-order chi connectivity index (χ0) is 11.0. The summed E-state index contributed by atoms with van der Waals surface area (Å²) in [6.45, 7) is 3.88. The summed E-state index contributed by atoms with van der Waals surface area (Å²) in [5.74, 6) is -1.57. The van der Waals surface area contributed by atoms with Crippen molar-refractivity contribution in [3.63, 3.8) is 0 Å². The number of carbonyl (C=O) groups excluding carboxylic acids is 1. The fraction of sp³-hybridized carbons (Fsp3) is 0.636. The lowest BCUT2D eigenvalue weighted by molar-refractivity contribution is -0.150. The van der Waals surface area contributed by atoms with Gasteiger partial charge in [0.05, 0.1) is 12.5 Å². The number of fused-ring (bicyclic) bond motifs is 2. The molecule has 0 heterocycles. The molecule has 2 aliphatic rings. The number of ketones is 1. The summed E-state index contributed by atoms with van der Waals surface area (Å²) < 4.78 is 5.37. The molecule has 0 aromatic carbocycles. The summed E-state index contributed by atoms with van der Waals surface area (Å²) in [6, 6.07) is 0. The molecule has 4 heteroatoms. The molecule has 0 saturated heterocycles. The second-order valence-corrected chi connectivity index (χ2v) is 4.23. The first-order valence-electron chi connectivity index (χ1n) is 5.14. The van der Waals surface area contributed by atoms with Crippen molar-refractivity contribution in [2.75, 3.05) is 6.61 Å². The summed E-state index contributed by atoms with van der Waals surface area (Å²) in [6.07, 6.45) is 2.47. The largest absolute Gasteiger partial charge is 0.481 e. The van der Waals surface area contributed by atoms with Gasteiger partial charge in [0.15, 0.2) is 5.78 Å². The van der Waals surface area contributed by atoms with E-state index in [9.17, 15) is 9.59 Å². The number of Topliss-reactive ketones (excluding diaryl/α,β-unsaturated/α-hetero) is 1. The summed E-state index contributed by atoms with van der Waals surface area (Å²) >= 11 is 0. The molecule has 4 unspecified atom stereocenters. The lowest BCUT2D eigenvalue weighted by atomic mass is 9.86. The van der Waals surface area contributed by atoms with Crippen LogP contribution in [0.15, 0.2) is 12.7 Å². The zero-order valence-corrected chi connectivity index (χ0v) is 8.39. The summed E-state index contributed by atoms with van der Waals surface area (Å²) in [4.78, 5) is 22.6. The monoisotopic (exact) mass is 210 g/mol. The Morgan fingerprint density at radius 3 is 2.87 bits per heavy atom. The Hall–Kier alpha value is -1.16. The molecule has 0 aromatic heterocycles. The number of hydrogen-bond donors (Lipinski definition) is 1.